The van der Waals surface area contributed by atoms with Crippen molar-refractivity contribution >= 4 is 21.4 Å². The topological polar surface area (TPSA) is 69.7 Å². The number of piperazine rings is 1. The van der Waals surface area contributed by atoms with Crippen molar-refractivity contribution in [3.8, 4) is 0 Å². The average Bonchev–Trinajstić information content (AvgIpc) is 2.54. The van der Waals surface area contributed by atoms with Crippen molar-refractivity contribution in [2.45, 2.75) is 12.2 Å². The minimum atomic E-state index is -3.36. The van der Waals surface area contributed by atoms with E-state index in [4.69, 9.17) is 0 Å². The first-order chi connectivity index (χ1) is 11.3. The van der Waals surface area contributed by atoms with E-state index in [0.29, 0.717) is 13.1 Å². The Kier molecular flexibility index (Phi) is 6.17. The Balaban J connectivity index is 1.72. The lowest BCUT2D eigenvalue weighted by molar-refractivity contribution is -0.120. The van der Waals surface area contributed by atoms with Crippen LogP contribution in [-0.2, 0) is 14.6 Å². The van der Waals surface area contributed by atoms with Crippen LogP contribution in [0.3, 0.4) is 0 Å². The number of carbonyl (C=O) groups is 1. The van der Waals surface area contributed by atoms with Gasteiger partial charge in [0.15, 0.2) is 9.84 Å². The van der Waals surface area contributed by atoms with Crippen LogP contribution in [0.25, 0.3) is 0 Å². The van der Waals surface area contributed by atoms with Gasteiger partial charge < -0.3 is 10.2 Å². The molecule has 1 N–H and O–H groups in total. The number of sulfone groups is 1. The Labute approximate surface area is 142 Å². The number of rotatable bonds is 6. The first kappa shape index (κ1) is 18.7. The van der Waals surface area contributed by atoms with Gasteiger partial charge in [-0.3, -0.25) is 9.69 Å². The molecule has 6 nitrogen and oxygen atoms in total. The van der Waals surface area contributed by atoms with Crippen molar-refractivity contribution in [3.63, 3.8) is 0 Å². The van der Waals surface area contributed by atoms with Gasteiger partial charge in [-0.25, -0.2) is 12.8 Å². The molecule has 0 saturated carbocycles. The number of anilines is 1. The molecule has 1 aliphatic heterocycles. The second-order valence-corrected chi connectivity index (χ2v) is 8.43. The van der Waals surface area contributed by atoms with E-state index in [1.165, 1.54) is 19.1 Å². The molecule has 1 heterocycles. The van der Waals surface area contributed by atoms with E-state index in [-0.39, 0.29) is 5.82 Å². The molecule has 1 saturated heterocycles. The summed E-state index contributed by atoms with van der Waals surface area (Å²) in [4.78, 5) is 16.2. The molecule has 1 atom stereocenters. The Bertz CT molecular complexity index is 656. The smallest absolute Gasteiger partial charge is 0.238 e. The third kappa shape index (κ3) is 5.17. The minimum absolute atomic E-state index is 0.239. The quantitative estimate of drug-likeness (QED) is 0.803. The Morgan fingerprint density at radius 2 is 1.79 bits per heavy atom. The van der Waals surface area contributed by atoms with Gasteiger partial charge >= 0.3 is 0 Å². The van der Waals surface area contributed by atoms with E-state index in [2.05, 4.69) is 15.1 Å². The lowest BCUT2D eigenvalue weighted by atomic mass is 10.2. The molecule has 1 aromatic carbocycles. The molecular formula is C16H24FN3O3S. The van der Waals surface area contributed by atoms with Gasteiger partial charge in [0, 0.05) is 51.2 Å². The fourth-order valence-corrected chi connectivity index (χ4v) is 3.03. The number of nitrogens with one attached hydrogen (secondary N) is 1. The zero-order valence-corrected chi connectivity index (χ0v) is 14.9. The normalized spacial score (nSPS) is 17.5. The van der Waals surface area contributed by atoms with E-state index >= 15 is 0 Å². The number of benzene rings is 1. The molecule has 2 rings (SSSR count). The molecular weight excluding hydrogens is 333 g/mol. The molecule has 8 heteroatoms. The van der Waals surface area contributed by atoms with Crippen LogP contribution < -0.4 is 10.2 Å². The number of halogens is 1. The molecule has 1 aromatic rings. The number of hydrogen-bond donors (Lipinski definition) is 1. The fraction of sp³-hybridized carbons (Fsp3) is 0.562. The van der Waals surface area contributed by atoms with Gasteiger partial charge in [-0.05, 0) is 31.2 Å². The highest BCUT2D eigenvalue weighted by Gasteiger charge is 2.23. The molecule has 1 aliphatic rings. The van der Waals surface area contributed by atoms with Gasteiger partial charge in [0.1, 0.15) is 11.1 Å². The van der Waals surface area contributed by atoms with Crippen LogP contribution >= 0.6 is 0 Å². The first-order valence-electron chi connectivity index (χ1n) is 7.97. The van der Waals surface area contributed by atoms with Crippen molar-refractivity contribution in [3.05, 3.63) is 30.1 Å². The maximum atomic E-state index is 13.0. The van der Waals surface area contributed by atoms with E-state index in [0.717, 1.165) is 38.1 Å². The zero-order chi connectivity index (χ0) is 17.7. The van der Waals surface area contributed by atoms with Crippen molar-refractivity contribution in [2.75, 3.05) is 50.4 Å². The number of amides is 1. The summed E-state index contributed by atoms with van der Waals surface area (Å²) in [6, 6.07) is 6.47. The summed E-state index contributed by atoms with van der Waals surface area (Å²) in [5, 5.41) is 1.65. The number of carbonyl (C=O) groups excluding carboxylic acids is 1. The molecule has 0 aromatic heterocycles. The third-order valence-corrected chi connectivity index (χ3v) is 5.80. The summed E-state index contributed by atoms with van der Waals surface area (Å²) in [5.74, 6) is -0.695. The van der Waals surface area contributed by atoms with Gasteiger partial charge in [-0.1, -0.05) is 0 Å². The molecule has 0 unspecified atom stereocenters. The molecule has 0 aliphatic carbocycles. The molecule has 1 amide bonds. The monoisotopic (exact) mass is 357 g/mol. The van der Waals surface area contributed by atoms with E-state index in [1.807, 2.05) is 0 Å². The molecule has 24 heavy (non-hydrogen) atoms. The Morgan fingerprint density at radius 3 is 2.33 bits per heavy atom. The van der Waals surface area contributed by atoms with Crippen molar-refractivity contribution in [1.29, 1.82) is 0 Å². The van der Waals surface area contributed by atoms with Crippen LogP contribution in [0.5, 0.6) is 0 Å². The molecule has 0 bridgehead atoms. The van der Waals surface area contributed by atoms with Crippen molar-refractivity contribution < 1.29 is 17.6 Å². The van der Waals surface area contributed by atoms with Gasteiger partial charge in [0.25, 0.3) is 0 Å². The summed E-state index contributed by atoms with van der Waals surface area (Å²) in [7, 11) is -3.36. The molecule has 1 fully saturated rings. The predicted octanol–water partition coefficient (Wildman–Crippen LogP) is 0.497. The van der Waals surface area contributed by atoms with E-state index in [1.54, 1.807) is 12.1 Å². The second-order valence-electron chi connectivity index (χ2n) is 6.07. The van der Waals surface area contributed by atoms with Crippen LogP contribution in [0.4, 0.5) is 10.1 Å². The fourth-order valence-electron chi connectivity index (χ4n) is 2.56. The standard InChI is InChI=1S/C16H24FN3O3S/c1-13(24(2,22)23)16(21)18-7-8-19-9-11-20(12-10-19)15-5-3-14(17)4-6-15/h3-6,13H,7-12H2,1-2H3,(H,18,21)/t13-/m1/s1. The summed E-state index contributed by atoms with van der Waals surface area (Å²) >= 11 is 0. The predicted molar refractivity (Wildman–Crippen MR) is 92.4 cm³/mol. The number of nitrogens with zero attached hydrogens (tertiary/aromatic N) is 2. The summed E-state index contributed by atoms with van der Waals surface area (Å²) in [6.07, 6.45) is 1.06. The average molecular weight is 357 g/mol. The maximum absolute atomic E-state index is 13.0. The summed E-state index contributed by atoms with van der Waals surface area (Å²) in [6.45, 7) is 5.85. The summed E-state index contributed by atoms with van der Waals surface area (Å²) in [5.41, 5.74) is 1.01. The lowest BCUT2D eigenvalue weighted by Gasteiger charge is -2.36. The van der Waals surface area contributed by atoms with Crippen LogP contribution in [0.15, 0.2) is 24.3 Å². The summed E-state index contributed by atoms with van der Waals surface area (Å²) < 4.78 is 35.6. The van der Waals surface area contributed by atoms with Crippen LogP contribution in [0, 0.1) is 5.82 Å². The highest BCUT2D eigenvalue weighted by molar-refractivity contribution is 7.92. The van der Waals surface area contributed by atoms with Crippen molar-refractivity contribution in [1.82, 2.24) is 10.2 Å². The first-order valence-corrected chi connectivity index (χ1v) is 9.92. The highest BCUT2D eigenvalue weighted by Crippen LogP contribution is 2.16. The molecule has 0 radical (unpaired) electrons. The van der Waals surface area contributed by atoms with Gasteiger partial charge in [-0.2, -0.15) is 0 Å². The number of hydrogen-bond acceptors (Lipinski definition) is 5. The van der Waals surface area contributed by atoms with Gasteiger partial charge in [-0.15, -0.1) is 0 Å². The van der Waals surface area contributed by atoms with Crippen LogP contribution in [0.1, 0.15) is 6.92 Å². The van der Waals surface area contributed by atoms with Crippen LogP contribution in [-0.4, -0.2) is 70.0 Å². The van der Waals surface area contributed by atoms with Crippen LogP contribution in [0.2, 0.25) is 0 Å². The lowest BCUT2D eigenvalue weighted by Crippen LogP contribution is -2.49. The second kappa shape index (κ2) is 7.94. The Hall–Kier alpha value is -1.67. The highest BCUT2D eigenvalue weighted by atomic mass is 32.2. The van der Waals surface area contributed by atoms with Gasteiger partial charge in [0.2, 0.25) is 5.91 Å². The Morgan fingerprint density at radius 1 is 1.21 bits per heavy atom. The van der Waals surface area contributed by atoms with E-state index < -0.39 is 21.0 Å². The largest absolute Gasteiger partial charge is 0.369 e. The SMILES string of the molecule is C[C@H](C(=O)NCCN1CCN(c2ccc(F)cc2)CC1)S(C)(=O)=O. The third-order valence-electron chi connectivity index (χ3n) is 4.30. The molecule has 0 spiro atoms. The minimum Gasteiger partial charge on any atom is -0.369 e. The maximum Gasteiger partial charge on any atom is 0.238 e. The van der Waals surface area contributed by atoms with E-state index in [9.17, 15) is 17.6 Å². The van der Waals surface area contributed by atoms with Crippen molar-refractivity contribution in [2.24, 2.45) is 0 Å². The molecule has 134 valence electrons. The van der Waals surface area contributed by atoms with Gasteiger partial charge in [0.05, 0.1) is 0 Å². The zero-order valence-electron chi connectivity index (χ0n) is 14.0.